The smallest absolute Gasteiger partial charge is 0.353 e. The Morgan fingerprint density at radius 3 is 2.57 bits per heavy atom. The number of hydrogen-bond donors (Lipinski definition) is 0. The Bertz CT molecular complexity index is 479. The highest BCUT2D eigenvalue weighted by molar-refractivity contribution is 7.13. The number of carbonyl (C=O) groups is 1. The normalized spacial score (nSPS) is 22.3. The van der Waals surface area contributed by atoms with E-state index in [4.69, 9.17) is 9.47 Å². The molecular weight excluding hydrogens is 288 g/mol. The Balaban J connectivity index is 1.99. The number of aryl methyl sites for hydroxylation is 1. The number of thiazole rings is 1. The van der Waals surface area contributed by atoms with E-state index in [-0.39, 0.29) is 12.1 Å². The molecule has 21 heavy (non-hydrogen) atoms. The number of ether oxygens (including phenoxy) is 2. The van der Waals surface area contributed by atoms with Crippen molar-refractivity contribution >= 4 is 17.3 Å². The van der Waals surface area contributed by atoms with Gasteiger partial charge in [-0.1, -0.05) is 0 Å². The third-order valence-corrected chi connectivity index (χ3v) is 4.75. The molecule has 1 aromatic rings. The minimum atomic E-state index is -0.333. The largest absolute Gasteiger partial charge is 0.473 e. The first-order valence-corrected chi connectivity index (χ1v) is 8.30. The highest BCUT2D eigenvalue weighted by Gasteiger charge is 2.27. The lowest BCUT2D eigenvalue weighted by molar-refractivity contribution is 0.0518. The summed E-state index contributed by atoms with van der Waals surface area (Å²) in [4.78, 5) is 19.0. The van der Waals surface area contributed by atoms with Gasteiger partial charge in [0.25, 0.3) is 0 Å². The molecule has 0 aromatic carbocycles. The van der Waals surface area contributed by atoms with Crippen LogP contribution in [-0.4, -0.2) is 48.7 Å². The molecule has 5 nitrogen and oxygen atoms in total. The lowest BCUT2D eigenvalue weighted by Gasteiger charge is -2.32. The summed E-state index contributed by atoms with van der Waals surface area (Å²) in [5.74, 6) is 0.115. The summed E-state index contributed by atoms with van der Waals surface area (Å²) in [6, 6.07) is 0.631. The van der Waals surface area contributed by atoms with Crippen LogP contribution in [0.1, 0.15) is 47.3 Å². The van der Waals surface area contributed by atoms with Crippen LogP contribution in [0.15, 0.2) is 0 Å². The zero-order valence-electron chi connectivity index (χ0n) is 13.2. The molecule has 0 unspecified atom stereocenters. The van der Waals surface area contributed by atoms with Crippen molar-refractivity contribution in [2.45, 2.75) is 51.7 Å². The van der Waals surface area contributed by atoms with Gasteiger partial charge in [0, 0.05) is 6.04 Å². The zero-order chi connectivity index (χ0) is 15.4. The first-order valence-electron chi connectivity index (χ1n) is 7.48. The molecule has 1 heterocycles. The molecule has 0 amide bonds. The van der Waals surface area contributed by atoms with Crippen LogP contribution in [0.2, 0.25) is 0 Å². The predicted octanol–water partition coefficient (Wildman–Crippen LogP) is 2.88. The van der Waals surface area contributed by atoms with Gasteiger partial charge in [0.15, 0.2) is 4.88 Å². The Morgan fingerprint density at radius 2 is 2.00 bits per heavy atom. The van der Waals surface area contributed by atoms with Gasteiger partial charge in [-0.15, -0.1) is 11.3 Å². The van der Waals surface area contributed by atoms with Crippen LogP contribution >= 0.6 is 11.3 Å². The number of esters is 1. The summed E-state index contributed by atoms with van der Waals surface area (Å²) in [5, 5.41) is 0.829. The first kappa shape index (κ1) is 16.2. The van der Waals surface area contributed by atoms with Crippen molar-refractivity contribution in [2.75, 3.05) is 20.7 Å². The summed E-state index contributed by atoms with van der Waals surface area (Å²) in [7, 11) is 4.24. The molecule has 118 valence electrons. The quantitative estimate of drug-likeness (QED) is 0.783. The number of rotatable bonds is 5. The molecule has 0 aliphatic heterocycles. The summed E-state index contributed by atoms with van der Waals surface area (Å²) in [6.07, 6.45) is 4.39. The molecular formula is C15H24N2O3S. The third kappa shape index (κ3) is 4.17. The van der Waals surface area contributed by atoms with E-state index in [1.165, 1.54) is 11.3 Å². The SMILES string of the molecule is CCOC(=O)c1sc(C)nc1OC1CCC(N(C)C)CC1. The fourth-order valence-corrected chi connectivity index (χ4v) is 3.40. The number of hydrogen-bond acceptors (Lipinski definition) is 6. The maximum atomic E-state index is 11.9. The van der Waals surface area contributed by atoms with E-state index < -0.39 is 0 Å². The fraction of sp³-hybridized carbons (Fsp3) is 0.733. The Kier molecular flexibility index (Phi) is 5.58. The van der Waals surface area contributed by atoms with E-state index in [0.717, 1.165) is 30.7 Å². The summed E-state index contributed by atoms with van der Waals surface area (Å²) >= 11 is 1.34. The molecule has 1 aromatic heterocycles. The van der Waals surface area contributed by atoms with E-state index in [2.05, 4.69) is 24.0 Å². The molecule has 1 fully saturated rings. The topological polar surface area (TPSA) is 51.7 Å². The van der Waals surface area contributed by atoms with Gasteiger partial charge in [-0.3, -0.25) is 0 Å². The zero-order valence-corrected chi connectivity index (χ0v) is 14.0. The summed E-state index contributed by atoms with van der Waals surface area (Å²) in [5.41, 5.74) is 0. The van der Waals surface area contributed by atoms with Crippen molar-refractivity contribution in [1.82, 2.24) is 9.88 Å². The van der Waals surface area contributed by atoms with Gasteiger partial charge in [0.2, 0.25) is 5.88 Å². The molecule has 1 aliphatic rings. The lowest BCUT2D eigenvalue weighted by Crippen LogP contribution is -2.35. The lowest BCUT2D eigenvalue weighted by atomic mass is 9.92. The second-order valence-corrected chi connectivity index (χ2v) is 6.80. The maximum Gasteiger partial charge on any atom is 0.353 e. The highest BCUT2D eigenvalue weighted by Crippen LogP contribution is 2.30. The van der Waals surface area contributed by atoms with Crippen molar-refractivity contribution in [3.63, 3.8) is 0 Å². The van der Waals surface area contributed by atoms with Crippen molar-refractivity contribution < 1.29 is 14.3 Å². The third-order valence-electron chi connectivity index (χ3n) is 3.82. The average Bonchev–Trinajstić information content (AvgIpc) is 2.80. The standard InChI is InChI=1S/C15H24N2O3S/c1-5-19-15(18)13-14(16-10(2)21-13)20-12-8-6-11(7-9-12)17(3)4/h11-12H,5-9H2,1-4H3. The van der Waals surface area contributed by atoms with Crippen LogP contribution in [0, 0.1) is 6.92 Å². The molecule has 2 rings (SSSR count). The van der Waals surface area contributed by atoms with E-state index in [1.807, 2.05) is 6.92 Å². The monoisotopic (exact) mass is 312 g/mol. The van der Waals surface area contributed by atoms with E-state index >= 15 is 0 Å². The van der Waals surface area contributed by atoms with Gasteiger partial charge in [0.05, 0.1) is 11.6 Å². The van der Waals surface area contributed by atoms with Gasteiger partial charge < -0.3 is 14.4 Å². The van der Waals surface area contributed by atoms with Gasteiger partial charge in [0.1, 0.15) is 6.10 Å². The summed E-state index contributed by atoms with van der Waals surface area (Å²) < 4.78 is 11.0. The number of aromatic nitrogens is 1. The van der Waals surface area contributed by atoms with E-state index in [1.54, 1.807) is 6.92 Å². The van der Waals surface area contributed by atoms with Gasteiger partial charge in [-0.25, -0.2) is 9.78 Å². The van der Waals surface area contributed by atoms with Crippen molar-refractivity contribution in [1.29, 1.82) is 0 Å². The van der Waals surface area contributed by atoms with E-state index in [0.29, 0.717) is 23.4 Å². The molecule has 0 saturated heterocycles. The van der Waals surface area contributed by atoms with Crippen molar-refractivity contribution in [3.8, 4) is 5.88 Å². The molecule has 0 spiro atoms. The maximum absolute atomic E-state index is 11.9. The summed E-state index contributed by atoms with van der Waals surface area (Å²) in [6.45, 7) is 4.04. The predicted molar refractivity (Wildman–Crippen MR) is 83.2 cm³/mol. The second kappa shape index (κ2) is 7.22. The molecule has 0 radical (unpaired) electrons. The van der Waals surface area contributed by atoms with Crippen LogP contribution in [-0.2, 0) is 4.74 Å². The van der Waals surface area contributed by atoms with Crippen LogP contribution in [0.4, 0.5) is 0 Å². The molecule has 1 aliphatic carbocycles. The minimum Gasteiger partial charge on any atom is -0.473 e. The fourth-order valence-electron chi connectivity index (χ4n) is 2.65. The molecule has 0 atom stereocenters. The van der Waals surface area contributed by atoms with Gasteiger partial charge in [-0.2, -0.15) is 0 Å². The Labute approximate surface area is 130 Å². The van der Waals surface area contributed by atoms with Gasteiger partial charge in [-0.05, 0) is 53.6 Å². The Hall–Kier alpha value is -1.14. The second-order valence-electron chi connectivity index (χ2n) is 5.60. The molecule has 6 heteroatoms. The highest BCUT2D eigenvalue weighted by atomic mass is 32.1. The number of carbonyl (C=O) groups excluding carboxylic acids is 1. The first-order chi connectivity index (χ1) is 10.0. The molecule has 0 bridgehead atoms. The minimum absolute atomic E-state index is 0.149. The van der Waals surface area contributed by atoms with Crippen LogP contribution in [0.5, 0.6) is 5.88 Å². The Morgan fingerprint density at radius 1 is 1.33 bits per heavy atom. The van der Waals surface area contributed by atoms with Crippen molar-refractivity contribution in [3.05, 3.63) is 9.88 Å². The van der Waals surface area contributed by atoms with Crippen molar-refractivity contribution in [2.24, 2.45) is 0 Å². The van der Waals surface area contributed by atoms with E-state index in [9.17, 15) is 4.79 Å². The number of nitrogens with zero attached hydrogens (tertiary/aromatic N) is 2. The van der Waals surface area contributed by atoms with Gasteiger partial charge >= 0.3 is 5.97 Å². The molecule has 0 N–H and O–H groups in total. The van der Waals surface area contributed by atoms with Crippen LogP contribution in [0.25, 0.3) is 0 Å². The van der Waals surface area contributed by atoms with Crippen LogP contribution < -0.4 is 4.74 Å². The average molecular weight is 312 g/mol. The molecule has 1 saturated carbocycles. The van der Waals surface area contributed by atoms with Crippen LogP contribution in [0.3, 0.4) is 0 Å².